The molecule has 0 aliphatic carbocycles. The van der Waals surface area contributed by atoms with Gasteiger partial charge in [0.2, 0.25) is 0 Å². The lowest BCUT2D eigenvalue weighted by Gasteiger charge is -2.25. The number of rotatable bonds is 4. The molecule has 6 N–H and O–H groups in total. The number of nitrogens with zero attached hydrogens (tertiary/aromatic N) is 1. The Morgan fingerprint density at radius 2 is 0.783 bits per heavy atom. The minimum atomic E-state index is 0.478. The van der Waals surface area contributed by atoms with Crippen molar-refractivity contribution in [3.8, 4) is 39.1 Å². The van der Waals surface area contributed by atoms with Gasteiger partial charge in [0.05, 0.1) is 28.1 Å². The average molecular weight is 765 g/mol. The van der Waals surface area contributed by atoms with E-state index in [9.17, 15) is 0 Å². The summed E-state index contributed by atoms with van der Waals surface area (Å²) in [7, 11) is 0. The monoisotopic (exact) mass is 764 g/mol. The van der Waals surface area contributed by atoms with Gasteiger partial charge in [0.25, 0.3) is 0 Å². The number of hydrogen-bond acceptors (Lipinski definition) is 3. The van der Waals surface area contributed by atoms with E-state index < -0.39 is 0 Å². The summed E-state index contributed by atoms with van der Waals surface area (Å²) in [6, 6.07) is 65.4. The molecule has 0 saturated heterocycles. The lowest BCUT2D eigenvalue weighted by molar-refractivity contribution is 1.18. The predicted octanol–water partition coefficient (Wildman–Crippen LogP) is 14.3. The molecule has 1 aromatic heterocycles. The second-order valence-corrected chi connectivity index (χ2v) is 16.2. The third kappa shape index (κ3) is 4.34. The summed E-state index contributed by atoms with van der Waals surface area (Å²) in [5.41, 5.74) is 33.0. The van der Waals surface area contributed by atoms with E-state index in [-0.39, 0.29) is 0 Å². The number of para-hydroxylation sites is 2. The number of nitrogens with two attached hydrogens (primary N) is 3. The van der Waals surface area contributed by atoms with Crippen molar-refractivity contribution in [2.24, 2.45) is 0 Å². The molecule has 0 spiro atoms. The Labute approximate surface area is 345 Å². The van der Waals surface area contributed by atoms with Gasteiger partial charge in [-0.05, 0) is 112 Å². The van der Waals surface area contributed by atoms with Gasteiger partial charge in [-0.25, -0.2) is 0 Å². The molecule has 12 aromatic carbocycles. The van der Waals surface area contributed by atoms with E-state index in [1.807, 2.05) is 0 Å². The van der Waals surface area contributed by atoms with Crippen LogP contribution in [0.5, 0.6) is 0 Å². The highest BCUT2D eigenvalue weighted by Gasteiger charge is 2.27. The quantitative estimate of drug-likeness (QED) is 0.123. The van der Waals surface area contributed by atoms with Gasteiger partial charge in [0.1, 0.15) is 0 Å². The van der Waals surface area contributed by atoms with Crippen molar-refractivity contribution in [2.45, 2.75) is 0 Å². The molecule has 0 radical (unpaired) electrons. The molecule has 0 unspecified atom stereocenters. The smallest absolute Gasteiger partial charge is 0.0655 e. The molecule has 0 amide bonds. The summed E-state index contributed by atoms with van der Waals surface area (Å²) in [4.78, 5) is 0. The predicted molar refractivity (Wildman–Crippen MR) is 258 cm³/mol. The molecule has 4 nitrogen and oxygen atoms in total. The van der Waals surface area contributed by atoms with Crippen molar-refractivity contribution >= 4 is 104 Å². The highest BCUT2D eigenvalue weighted by molar-refractivity contribution is 6.29. The van der Waals surface area contributed by atoms with Gasteiger partial charge in [-0.3, -0.25) is 0 Å². The van der Waals surface area contributed by atoms with Crippen molar-refractivity contribution < 1.29 is 0 Å². The number of benzene rings is 12. The Balaban J connectivity index is 1.16. The molecule has 280 valence electrons. The zero-order valence-corrected chi connectivity index (χ0v) is 32.5. The second-order valence-electron chi connectivity index (χ2n) is 16.2. The van der Waals surface area contributed by atoms with Gasteiger partial charge in [-0.15, -0.1) is 0 Å². The summed E-state index contributed by atoms with van der Waals surface area (Å²) >= 11 is 0. The van der Waals surface area contributed by atoms with Gasteiger partial charge in [0, 0.05) is 33.2 Å². The average Bonchev–Trinajstić information content (AvgIpc) is 3.63. The Hall–Kier alpha value is -8.08. The van der Waals surface area contributed by atoms with Gasteiger partial charge in [0.15, 0.2) is 0 Å². The van der Waals surface area contributed by atoms with Crippen LogP contribution in [0.4, 0.5) is 17.1 Å². The molecule has 0 aliphatic rings. The highest BCUT2D eigenvalue weighted by atomic mass is 15.0. The van der Waals surface area contributed by atoms with Crippen LogP contribution >= 0.6 is 0 Å². The van der Waals surface area contributed by atoms with Crippen LogP contribution in [0.25, 0.3) is 126 Å². The Morgan fingerprint density at radius 1 is 0.300 bits per heavy atom. The van der Waals surface area contributed by atoms with Gasteiger partial charge in [-0.1, -0.05) is 152 Å². The maximum absolute atomic E-state index is 7.74. The Bertz CT molecular complexity index is 3880. The number of hydrogen-bond donors (Lipinski definition) is 3. The van der Waals surface area contributed by atoms with Crippen molar-refractivity contribution in [3.63, 3.8) is 0 Å². The maximum Gasteiger partial charge on any atom is 0.0655 e. The molecule has 0 bridgehead atoms. The largest absolute Gasteiger partial charge is 0.398 e. The lowest BCUT2D eigenvalue weighted by Crippen LogP contribution is -2.07. The normalized spacial score (nSPS) is 12.2. The van der Waals surface area contributed by atoms with Crippen LogP contribution in [0.15, 0.2) is 182 Å². The number of fused-ring (bicyclic) bond motifs is 3. The summed E-state index contributed by atoms with van der Waals surface area (Å²) in [5.74, 6) is 0. The summed E-state index contributed by atoms with van der Waals surface area (Å²) in [6.45, 7) is 0. The van der Waals surface area contributed by atoms with E-state index in [1.54, 1.807) is 0 Å². The third-order valence-electron chi connectivity index (χ3n) is 13.2. The van der Waals surface area contributed by atoms with Crippen LogP contribution in [0, 0.1) is 0 Å². The molecule has 0 fully saturated rings. The van der Waals surface area contributed by atoms with Crippen molar-refractivity contribution in [1.29, 1.82) is 0 Å². The standard InChI is InChI=1S/C56H36N4/c57-54-52(42-27-22-35-18-16-31-8-6-10-33-20-25-40(42)49(35)47(31)33)51(37-24-29-46-44(30-37)39-14-4-5-15-45(39)60(46)38-12-2-1-3-13-38)55(58)56(59)53(54)43-28-23-36-19-17-32-9-7-11-34-21-26-41(43)50(36)48(32)34/h1-30H,57-59H2. The summed E-state index contributed by atoms with van der Waals surface area (Å²) < 4.78 is 2.33. The fourth-order valence-corrected chi connectivity index (χ4v) is 10.6. The molecule has 13 aromatic rings. The van der Waals surface area contributed by atoms with Gasteiger partial charge in [-0.2, -0.15) is 0 Å². The Kier molecular flexibility index (Phi) is 6.58. The molecule has 13 rings (SSSR count). The maximum atomic E-state index is 7.74. The zero-order chi connectivity index (χ0) is 39.8. The second kappa shape index (κ2) is 12.0. The van der Waals surface area contributed by atoms with E-state index in [1.165, 1.54) is 53.9 Å². The fourth-order valence-electron chi connectivity index (χ4n) is 10.6. The molecule has 0 aliphatic heterocycles. The topological polar surface area (TPSA) is 83.0 Å². The summed E-state index contributed by atoms with van der Waals surface area (Å²) in [5, 5.41) is 16.6. The first kappa shape index (κ1) is 32.9. The minimum absolute atomic E-state index is 0.478. The van der Waals surface area contributed by atoms with Crippen LogP contribution < -0.4 is 17.2 Å². The molecule has 4 heteroatoms. The van der Waals surface area contributed by atoms with E-state index >= 15 is 0 Å². The first-order valence-electron chi connectivity index (χ1n) is 20.5. The van der Waals surface area contributed by atoms with Gasteiger partial charge < -0.3 is 21.8 Å². The first-order valence-corrected chi connectivity index (χ1v) is 20.5. The molecule has 0 saturated carbocycles. The SMILES string of the molecule is Nc1c(N)c(-c2ccc3c(c2)c2ccccc2n3-c2ccccc2)c(-c2ccc3ccc4cccc5ccc2c3c45)c(N)c1-c1ccc2ccc3cccc4ccc1c2c34. The van der Waals surface area contributed by atoms with Crippen LogP contribution in [-0.4, -0.2) is 4.57 Å². The van der Waals surface area contributed by atoms with Crippen molar-refractivity contribution in [3.05, 3.63) is 182 Å². The third-order valence-corrected chi connectivity index (χ3v) is 13.2. The van der Waals surface area contributed by atoms with Crippen molar-refractivity contribution in [2.75, 3.05) is 17.2 Å². The van der Waals surface area contributed by atoms with Gasteiger partial charge >= 0.3 is 0 Å². The fraction of sp³-hybridized carbons (Fsp3) is 0. The number of aromatic nitrogens is 1. The van der Waals surface area contributed by atoms with E-state index in [4.69, 9.17) is 17.2 Å². The van der Waals surface area contributed by atoms with E-state index in [0.29, 0.717) is 17.1 Å². The number of nitrogen functional groups attached to an aromatic ring is 3. The molecular formula is C56H36N4. The Morgan fingerprint density at radius 3 is 1.40 bits per heavy atom. The molecular weight excluding hydrogens is 729 g/mol. The van der Waals surface area contributed by atoms with E-state index in [2.05, 4.69) is 187 Å². The molecule has 0 atom stereocenters. The minimum Gasteiger partial charge on any atom is -0.398 e. The van der Waals surface area contributed by atoms with Crippen LogP contribution in [0.1, 0.15) is 0 Å². The van der Waals surface area contributed by atoms with E-state index in [0.717, 1.165) is 71.6 Å². The van der Waals surface area contributed by atoms with Crippen LogP contribution in [0.2, 0.25) is 0 Å². The van der Waals surface area contributed by atoms with Crippen LogP contribution in [0.3, 0.4) is 0 Å². The number of anilines is 3. The van der Waals surface area contributed by atoms with Crippen LogP contribution in [-0.2, 0) is 0 Å². The molecule has 1 heterocycles. The zero-order valence-electron chi connectivity index (χ0n) is 32.5. The lowest BCUT2D eigenvalue weighted by atomic mass is 9.82. The summed E-state index contributed by atoms with van der Waals surface area (Å²) in [6.07, 6.45) is 0. The highest BCUT2D eigenvalue weighted by Crippen LogP contribution is 2.54. The first-order chi connectivity index (χ1) is 29.5. The molecule has 60 heavy (non-hydrogen) atoms. The van der Waals surface area contributed by atoms with Crippen molar-refractivity contribution in [1.82, 2.24) is 4.57 Å².